The Morgan fingerprint density at radius 1 is 1.71 bits per heavy atom. The minimum atomic E-state index is 0.410. The fourth-order valence-corrected chi connectivity index (χ4v) is 2.03. The van der Waals surface area contributed by atoms with Crippen molar-refractivity contribution in [2.75, 3.05) is 6.54 Å². The lowest BCUT2D eigenvalue weighted by molar-refractivity contribution is 0.563. The molecule has 2 nitrogen and oxygen atoms in total. The van der Waals surface area contributed by atoms with Gasteiger partial charge >= 0.3 is 0 Å². The van der Waals surface area contributed by atoms with Crippen LogP contribution in [0.4, 0.5) is 0 Å². The molecular weight excluding hydrogens is 192 g/mol. The largest absolute Gasteiger partial charge is 0.313 e. The second kappa shape index (κ2) is 5.79. The molecule has 1 aromatic heterocycles. The molecule has 1 rings (SSSR count). The van der Waals surface area contributed by atoms with Crippen molar-refractivity contribution in [3.63, 3.8) is 0 Å². The van der Waals surface area contributed by atoms with E-state index in [9.17, 15) is 0 Å². The number of nitrogens with one attached hydrogen (secondary N) is 1. The first-order valence-corrected chi connectivity index (χ1v) is 5.67. The molecule has 0 bridgehead atoms. The molecule has 0 fully saturated rings. The van der Waals surface area contributed by atoms with E-state index in [1.54, 1.807) is 11.3 Å². The van der Waals surface area contributed by atoms with Crippen molar-refractivity contribution in [2.45, 2.75) is 32.7 Å². The maximum atomic E-state index is 5.22. The zero-order chi connectivity index (χ0) is 10.4. The third-order valence-corrected chi connectivity index (χ3v) is 3.11. The summed E-state index contributed by atoms with van der Waals surface area (Å²) in [6.45, 7) is 5.14. The molecule has 0 radical (unpaired) electrons. The maximum absolute atomic E-state index is 5.22. The number of rotatable bonds is 5. The van der Waals surface area contributed by atoms with Crippen LogP contribution in [0.3, 0.4) is 0 Å². The fraction of sp³-hybridized carbons (Fsp3) is 0.545. The lowest BCUT2D eigenvalue weighted by atomic mass is 10.2. The molecule has 0 aliphatic carbocycles. The van der Waals surface area contributed by atoms with Gasteiger partial charge in [0.1, 0.15) is 0 Å². The van der Waals surface area contributed by atoms with Crippen molar-refractivity contribution < 1.29 is 0 Å². The molecule has 14 heavy (non-hydrogen) atoms. The number of thiazole rings is 1. The molecule has 76 valence electrons. The normalized spacial score (nSPS) is 12.4. The van der Waals surface area contributed by atoms with E-state index in [0.29, 0.717) is 6.04 Å². The molecule has 0 aliphatic heterocycles. The summed E-state index contributed by atoms with van der Waals surface area (Å²) in [7, 11) is 0. The highest BCUT2D eigenvalue weighted by atomic mass is 32.1. The number of hydrogen-bond acceptors (Lipinski definition) is 3. The predicted molar refractivity (Wildman–Crippen MR) is 61.5 cm³/mol. The van der Waals surface area contributed by atoms with E-state index in [1.165, 1.54) is 4.88 Å². The molecule has 1 atom stereocenters. The highest BCUT2D eigenvalue weighted by molar-refractivity contribution is 7.09. The number of nitrogens with zero attached hydrogens (tertiary/aromatic N) is 1. The first kappa shape index (κ1) is 11.2. The van der Waals surface area contributed by atoms with E-state index in [0.717, 1.165) is 25.1 Å². The summed E-state index contributed by atoms with van der Waals surface area (Å²) in [5.74, 6) is 2.65. The lowest BCUT2D eigenvalue weighted by Gasteiger charge is -2.09. The van der Waals surface area contributed by atoms with Crippen molar-refractivity contribution >= 4 is 11.3 Å². The first-order chi connectivity index (χ1) is 6.74. The third kappa shape index (κ3) is 3.49. The van der Waals surface area contributed by atoms with E-state index in [-0.39, 0.29) is 0 Å². The molecule has 0 saturated heterocycles. The standard InChI is InChI=1S/C11H16N2S/c1-4-5-9(2)12-7-6-11-10(3)13-8-14-11/h1,8-9,12H,5-7H2,2-3H3. The Kier molecular flexibility index (Phi) is 4.64. The molecule has 1 aromatic rings. The van der Waals surface area contributed by atoms with Crippen LogP contribution >= 0.6 is 11.3 Å². The van der Waals surface area contributed by atoms with Gasteiger partial charge < -0.3 is 5.32 Å². The van der Waals surface area contributed by atoms with Crippen molar-refractivity contribution in [3.8, 4) is 12.3 Å². The number of terminal acetylenes is 1. The van der Waals surface area contributed by atoms with Crippen LogP contribution in [-0.2, 0) is 6.42 Å². The summed E-state index contributed by atoms with van der Waals surface area (Å²) in [5.41, 5.74) is 3.05. The van der Waals surface area contributed by atoms with Gasteiger partial charge in [-0.3, -0.25) is 0 Å². The number of hydrogen-bond donors (Lipinski definition) is 1. The highest BCUT2D eigenvalue weighted by Crippen LogP contribution is 2.11. The molecule has 0 aliphatic rings. The van der Waals surface area contributed by atoms with E-state index >= 15 is 0 Å². The molecule has 0 saturated carbocycles. The van der Waals surface area contributed by atoms with Gasteiger partial charge in [0.05, 0.1) is 11.2 Å². The van der Waals surface area contributed by atoms with Crippen molar-refractivity contribution in [2.24, 2.45) is 0 Å². The molecule has 1 heterocycles. The van der Waals surface area contributed by atoms with Gasteiger partial charge in [-0.2, -0.15) is 0 Å². The second-order valence-electron chi connectivity index (χ2n) is 3.37. The Morgan fingerprint density at radius 3 is 3.07 bits per heavy atom. The van der Waals surface area contributed by atoms with E-state index in [1.807, 2.05) is 5.51 Å². The van der Waals surface area contributed by atoms with E-state index < -0.39 is 0 Å². The number of aromatic nitrogens is 1. The van der Waals surface area contributed by atoms with Gasteiger partial charge in [0.2, 0.25) is 0 Å². The van der Waals surface area contributed by atoms with Crippen molar-refractivity contribution in [1.29, 1.82) is 0 Å². The first-order valence-electron chi connectivity index (χ1n) is 4.80. The zero-order valence-electron chi connectivity index (χ0n) is 8.71. The Hall–Kier alpha value is -0.850. The van der Waals surface area contributed by atoms with Gasteiger partial charge in [-0.25, -0.2) is 4.98 Å². The van der Waals surface area contributed by atoms with Crippen LogP contribution in [0.25, 0.3) is 0 Å². The van der Waals surface area contributed by atoms with Crippen molar-refractivity contribution in [1.82, 2.24) is 10.3 Å². The monoisotopic (exact) mass is 208 g/mol. The molecule has 1 N–H and O–H groups in total. The summed E-state index contributed by atoms with van der Waals surface area (Å²) >= 11 is 1.72. The van der Waals surface area contributed by atoms with Gasteiger partial charge in [-0.05, 0) is 20.3 Å². The Bertz CT molecular complexity index is 311. The lowest BCUT2D eigenvalue weighted by Crippen LogP contribution is -2.27. The smallest absolute Gasteiger partial charge is 0.0797 e. The van der Waals surface area contributed by atoms with Crippen LogP contribution in [0.5, 0.6) is 0 Å². The Morgan fingerprint density at radius 2 is 2.50 bits per heavy atom. The van der Waals surface area contributed by atoms with Crippen LogP contribution in [0.15, 0.2) is 5.51 Å². The average Bonchev–Trinajstić information content (AvgIpc) is 2.52. The quantitative estimate of drug-likeness (QED) is 0.749. The van der Waals surface area contributed by atoms with Crippen LogP contribution in [0.1, 0.15) is 23.9 Å². The molecule has 0 amide bonds. The minimum absolute atomic E-state index is 0.410. The highest BCUT2D eigenvalue weighted by Gasteiger charge is 2.02. The molecule has 0 aromatic carbocycles. The summed E-state index contributed by atoms with van der Waals surface area (Å²) in [4.78, 5) is 5.58. The van der Waals surface area contributed by atoms with Gasteiger partial charge in [-0.1, -0.05) is 0 Å². The van der Waals surface area contributed by atoms with Gasteiger partial charge in [-0.15, -0.1) is 23.7 Å². The van der Waals surface area contributed by atoms with Gasteiger partial charge in [0.25, 0.3) is 0 Å². The summed E-state index contributed by atoms with van der Waals surface area (Å²) in [6.07, 6.45) is 7.06. The number of aryl methyl sites for hydroxylation is 1. The third-order valence-electron chi connectivity index (χ3n) is 2.11. The van der Waals surface area contributed by atoms with Crippen LogP contribution < -0.4 is 5.32 Å². The molecule has 1 unspecified atom stereocenters. The van der Waals surface area contributed by atoms with Crippen LogP contribution in [0.2, 0.25) is 0 Å². The topological polar surface area (TPSA) is 24.9 Å². The zero-order valence-corrected chi connectivity index (χ0v) is 9.53. The molecule has 0 spiro atoms. The fourth-order valence-electron chi connectivity index (χ4n) is 1.25. The predicted octanol–water partition coefficient (Wildman–Crippen LogP) is 2.00. The summed E-state index contributed by atoms with van der Waals surface area (Å²) < 4.78 is 0. The summed E-state index contributed by atoms with van der Waals surface area (Å²) in [5, 5.41) is 3.39. The summed E-state index contributed by atoms with van der Waals surface area (Å²) in [6, 6.07) is 0.410. The maximum Gasteiger partial charge on any atom is 0.0797 e. The van der Waals surface area contributed by atoms with Gasteiger partial charge in [0, 0.05) is 23.9 Å². The molecular formula is C11H16N2S. The Labute approximate surface area is 89.8 Å². The minimum Gasteiger partial charge on any atom is -0.313 e. The van der Waals surface area contributed by atoms with Gasteiger partial charge in [0.15, 0.2) is 0 Å². The van der Waals surface area contributed by atoms with E-state index in [4.69, 9.17) is 6.42 Å². The average molecular weight is 208 g/mol. The van der Waals surface area contributed by atoms with Crippen molar-refractivity contribution in [3.05, 3.63) is 16.1 Å². The van der Waals surface area contributed by atoms with E-state index in [2.05, 4.69) is 30.1 Å². The molecule has 3 heteroatoms. The van der Waals surface area contributed by atoms with Crippen LogP contribution in [0, 0.1) is 19.3 Å². The van der Waals surface area contributed by atoms with Crippen LogP contribution in [-0.4, -0.2) is 17.6 Å². The second-order valence-corrected chi connectivity index (χ2v) is 4.31. The Balaban J connectivity index is 2.23. The SMILES string of the molecule is C#CCC(C)NCCc1scnc1C.